The number of nitrogens with zero attached hydrogens (tertiary/aromatic N) is 1. The van der Waals surface area contributed by atoms with Crippen molar-refractivity contribution < 1.29 is 4.79 Å². The summed E-state index contributed by atoms with van der Waals surface area (Å²) in [6.07, 6.45) is 0. The molecule has 0 aliphatic carbocycles. The molecule has 0 spiro atoms. The molecule has 2 aromatic heterocycles. The van der Waals surface area contributed by atoms with E-state index in [9.17, 15) is 4.79 Å². The first-order valence-electron chi connectivity index (χ1n) is 5.57. The van der Waals surface area contributed by atoms with Crippen LogP contribution in [0.3, 0.4) is 0 Å². The summed E-state index contributed by atoms with van der Waals surface area (Å²) in [7, 11) is 1.86. The third-order valence-corrected chi connectivity index (χ3v) is 5.88. The third kappa shape index (κ3) is 2.68. The van der Waals surface area contributed by atoms with Gasteiger partial charge in [-0.05, 0) is 53.4 Å². The Morgan fingerprint density at radius 3 is 2.61 bits per heavy atom. The summed E-state index contributed by atoms with van der Waals surface area (Å²) in [6.45, 7) is 4.14. The van der Waals surface area contributed by atoms with Crippen LogP contribution in [0.4, 0.5) is 0 Å². The molecular formula is C13H14BrNOS2. The normalized spacial score (nSPS) is 12.4. The zero-order valence-electron chi connectivity index (χ0n) is 10.4. The predicted molar refractivity (Wildman–Crippen MR) is 81.6 cm³/mol. The Labute approximate surface area is 123 Å². The number of carbonyl (C=O) groups excluding carboxylic acids is 1. The lowest BCUT2D eigenvalue weighted by Crippen LogP contribution is -2.28. The van der Waals surface area contributed by atoms with Gasteiger partial charge < -0.3 is 4.90 Å². The van der Waals surface area contributed by atoms with E-state index in [4.69, 9.17) is 0 Å². The zero-order chi connectivity index (χ0) is 13.3. The van der Waals surface area contributed by atoms with E-state index >= 15 is 0 Å². The molecule has 0 aromatic carbocycles. The van der Waals surface area contributed by atoms with E-state index in [1.165, 1.54) is 21.1 Å². The largest absolute Gasteiger partial charge is 0.333 e. The Balaban J connectivity index is 2.19. The van der Waals surface area contributed by atoms with Gasteiger partial charge in [-0.2, -0.15) is 0 Å². The van der Waals surface area contributed by atoms with Gasteiger partial charge in [-0.25, -0.2) is 0 Å². The molecule has 96 valence electrons. The van der Waals surface area contributed by atoms with Gasteiger partial charge in [0.2, 0.25) is 0 Å². The standard InChI is InChI=1S/C13H14BrNOS2/c1-8-4-5-11(18-8)9(2)15(3)13(16)12-10(14)6-7-17-12/h4-7,9H,1-3H3. The van der Waals surface area contributed by atoms with Crippen LogP contribution in [0, 0.1) is 6.92 Å². The summed E-state index contributed by atoms with van der Waals surface area (Å²) in [4.78, 5) is 17.4. The summed E-state index contributed by atoms with van der Waals surface area (Å²) < 4.78 is 0.874. The van der Waals surface area contributed by atoms with Crippen molar-refractivity contribution in [3.05, 3.63) is 42.7 Å². The monoisotopic (exact) mass is 343 g/mol. The number of carbonyl (C=O) groups is 1. The number of hydrogen-bond acceptors (Lipinski definition) is 3. The first-order valence-corrected chi connectivity index (χ1v) is 8.06. The Hall–Kier alpha value is -0.650. The van der Waals surface area contributed by atoms with Crippen LogP contribution in [0.2, 0.25) is 0 Å². The average Bonchev–Trinajstić information content (AvgIpc) is 2.95. The summed E-state index contributed by atoms with van der Waals surface area (Å²) in [5.41, 5.74) is 0. The van der Waals surface area contributed by atoms with Gasteiger partial charge in [-0.1, -0.05) is 0 Å². The molecule has 0 saturated heterocycles. The maximum absolute atomic E-state index is 12.4. The van der Waals surface area contributed by atoms with E-state index in [-0.39, 0.29) is 11.9 Å². The fourth-order valence-electron chi connectivity index (χ4n) is 1.65. The van der Waals surface area contributed by atoms with Crippen molar-refractivity contribution >= 4 is 44.5 Å². The lowest BCUT2D eigenvalue weighted by atomic mass is 10.2. The fourth-order valence-corrected chi connectivity index (χ4v) is 4.15. The highest BCUT2D eigenvalue weighted by Gasteiger charge is 2.22. The van der Waals surface area contributed by atoms with Gasteiger partial charge in [0.05, 0.1) is 6.04 Å². The van der Waals surface area contributed by atoms with Crippen molar-refractivity contribution in [2.24, 2.45) is 0 Å². The van der Waals surface area contributed by atoms with Crippen LogP contribution in [0.25, 0.3) is 0 Å². The molecule has 1 amide bonds. The predicted octanol–water partition coefficient (Wildman–Crippen LogP) is 4.71. The van der Waals surface area contributed by atoms with Crippen LogP contribution in [0.15, 0.2) is 28.1 Å². The molecular weight excluding hydrogens is 330 g/mol. The van der Waals surface area contributed by atoms with Crippen LogP contribution < -0.4 is 0 Å². The van der Waals surface area contributed by atoms with Crippen molar-refractivity contribution in [2.45, 2.75) is 19.9 Å². The van der Waals surface area contributed by atoms with E-state index in [1.807, 2.05) is 18.5 Å². The molecule has 0 fully saturated rings. The topological polar surface area (TPSA) is 20.3 Å². The van der Waals surface area contributed by atoms with E-state index in [0.717, 1.165) is 9.35 Å². The molecule has 0 aliphatic heterocycles. The lowest BCUT2D eigenvalue weighted by Gasteiger charge is -2.23. The summed E-state index contributed by atoms with van der Waals surface area (Å²) in [6, 6.07) is 6.20. The van der Waals surface area contributed by atoms with Crippen LogP contribution in [-0.4, -0.2) is 17.9 Å². The number of halogens is 1. The highest BCUT2D eigenvalue weighted by Crippen LogP contribution is 2.30. The molecule has 2 aromatic rings. The quantitative estimate of drug-likeness (QED) is 0.789. The Kier molecular flexibility index (Phi) is 4.25. The molecule has 0 saturated carbocycles. The Bertz CT molecular complexity index is 561. The molecule has 18 heavy (non-hydrogen) atoms. The van der Waals surface area contributed by atoms with E-state index in [2.05, 4.69) is 41.9 Å². The maximum atomic E-state index is 12.4. The van der Waals surface area contributed by atoms with Gasteiger partial charge in [0, 0.05) is 21.3 Å². The van der Waals surface area contributed by atoms with Gasteiger partial charge in [0.25, 0.3) is 5.91 Å². The highest BCUT2D eigenvalue weighted by molar-refractivity contribution is 9.10. The van der Waals surface area contributed by atoms with Gasteiger partial charge in [0.1, 0.15) is 4.88 Å². The minimum Gasteiger partial charge on any atom is -0.333 e. The first-order chi connectivity index (χ1) is 8.50. The summed E-state index contributed by atoms with van der Waals surface area (Å²) >= 11 is 6.62. The molecule has 0 aliphatic rings. The molecule has 2 nitrogen and oxygen atoms in total. The van der Waals surface area contributed by atoms with Crippen LogP contribution >= 0.6 is 38.6 Å². The SMILES string of the molecule is Cc1ccc(C(C)N(C)C(=O)c2sccc2Br)s1. The minimum absolute atomic E-state index is 0.0652. The molecule has 5 heteroatoms. The van der Waals surface area contributed by atoms with Crippen molar-refractivity contribution in [3.8, 4) is 0 Å². The minimum atomic E-state index is 0.0652. The summed E-state index contributed by atoms with van der Waals surface area (Å²) in [5.74, 6) is 0.0652. The van der Waals surface area contributed by atoms with Crippen LogP contribution in [0.5, 0.6) is 0 Å². The third-order valence-electron chi connectivity index (χ3n) is 2.89. The number of amides is 1. The number of thiophene rings is 2. The zero-order valence-corrected chi connectivity index (χ0v) is 13.7. The molecule has 2 rings (SSSR count). The molecule has 0 radical (unpaired) electrons. The molecule has 0 N–H and O–H groups in total. The van der Waals surface area contributed by atoms with Crippen molar-refractivity contribution in [2.75, 3.05) is 7.05 Å². The van der Waals surface area contributed by atoms with E-state index < -0.39 is 0 Å². The number of hydrogen-bond donors (Lipinski definition) is 0. The van der Waals surface area contributed by atoms with Crippen LogP contribution in [0.1, 0.15) is 32.4 Å². The molecule has 2 heterocycles. The lowest BCUT2D eigenvalue weighted by molar-refractivity contribution is 0.0749. The van der Waals surface area contributed by atoms with Crippen molar-refractivity contribution in [1.29, 1.82) is 0 Å². The molecule has 1 atom stereocenters. The highest BCUT2D eigenvalue weighted by atomic mass is 79.9. The second-order valence-electron chi connectivity index (χ2n) is 4.14. The van der Waals surface area contributed by atoms with Gasteiger partial charge >= 0.3 is 0 Å². The van der Waals surface area contributed by atoms with Crippen molar-refractivity contribution in [1.82, 2.24) is 4.90 Å². The fraction of sp³-hybridized carbons (Fsp3) is 0.308. The molecule has 0 bridgehead atoms. The van der Waals surface area contributed by atoms with Gasteiger partial charge in [0.15, 0.2) is 0 Å². The molecule has 1 unspecified atom stereocenters. The second-order valence-corrected chi connectivity index (χ2v) is 7.23. The maximum Gasteiger partial charge on any atom is 0.265 e. The number of rotatable bonds is 3. The number of aryl methyl sites for hydroxylation is 1. The first kappa shape index (κ1) is 13.8. The van der Waals surface area contributed by atoms with E-state index in [0.29, 0.717) is 0 Å². The van der Waals surface area contributed by atoms with Crippen molar-refractivity contribution in [3.63, 3.8) is 0 Å². The summed E-state index contributed by atoms with van der Waals surface area (Å²) in [5, 5.41) is 1.92. The van der Waals surface area contributed by atoms with E-state index in [1.54, 1.807) is 16.2 Å². The second kappa shape index (κ2) is 5.55. The smallest absolute Gasteiger partial charge is 0.265 e. The Morgan fingerprint density at radius 1 is 1.39 bits per heavy atom. The average molecular weight is 344 g/mol. The Morgan fingerprint density at radius 2 is 2.11 bits per heavy atom. The van der Waals surface area contributed by atoms with Crippen LogP contribution in [-0.2, 0) is 0 Å². The van der Waals surface area contributed by atoms with Gasteiger partial charge in [-0.15, -0.1) is 22.7 Å². The van der Waals surface area contributed by atoms with Gasteiger partial charge in [-0.3, -0.25) is 4.79 Å².